The minimum Gasteiger partial charge on any atom is -0.443 e. The van der Waals surface area contributed by atoms with Crippen LogP contribution in [0.4, 0.5) is 4.79 Å². The highest BCUT2D eigenvalue weighted by atomic mass is 32.2. The maximum absolute atomic E-state index is 11.8. The van der Waals surface area contributed by atoms with Crippen molar-refractivity contribution in [2.45, 2.75) is 32.9 Å². The molecule has 0 atom stereocenters. The molecule has 1 aromatic heterocycles. The molecule has 0 spiro atoms. The maximum atomic E-state index is 11.8. The predicted molar refractivity (Wildman–Crippen MR) is 69.2 cm³/mol. The lowest BCUT2D eigenvalue weighted by Crippen LogP contribution is -2.43. The van der Waals surface area contributed by atoms with Crippen LogP contribution in [0.25, 0.3) is 0 Å². The van der Waals surface area contributed by atoms with E-state index < -0.39 is 21.9 Å². The topological polar surface area (TPSA) is 89.7 Å². The average Bonchev–Trinajstić information content (AvgIpc) is 2.61. The molecule has 6 nitrogen and oxygen atoms in total. The van der Waals surface area contributed by atoms with Crippen molar-refractivity contribution < 1.29 is 17.9 Å². The van der Waals surface area contributed by atoms with E-state index in [-0.39, 0.29) is 6.54 Å². The molecule has 1 rings (SSSR count). The first-order chi connectivity index (χ1) is 8.09. The molecule has 0 aromatic carbocycles. The van der Waals surface area contributed by atoms with Crippen molar-refractivity contribution in [1.82, 2.24) is 4.31 Å². The standard InChI is InChI=1S/C10H16N2O4S2/c1-10(2,3)16-9(13)12(18(11,14)15)6-8-4-5-17-7-8/h4-5,7H,6H2,1-3H3,(H2,11,14,15). The number of amides is 1. The molecule has 0 aliphatic rings. The molecule has 0 radical (unpaired) electrons. The van der Waals surface area contributed by atoms with Gasteiger partial charge in [0, 0.05) is 0 Å². The third-order valence-corrected chi connectivity index (χ3v) is 3.44. The Balaban J connectivity index is 2.90. The lowest BCUT2D eigenvalue weighted by Gasteiger charge is -2.25. The summed E-state index contributed by atoms with van der Waals surface area (Å²) in [6.07, 6.45) is -0.976. The summed E-state index contributed by atoms with van der Waals surface area (Å²) in [5.74, 6) is 0. The summed E-state index contributed by atoms with van der Waals surface area (Å²) in [4.78, 5) is 11.8. The highest BCUT2D eigenvalue weighted by Gasteiger charge is 2.29. The van der Waals surface area contributed by atoms with Crippen molar-refractivity contribution in [3.8, 4) is 0 Å². The van der Waals surface area contributed by atoms with Crippen LogP contribution in [0.3, 0.4) is 0 Å². The van der Waals surface area contributed by atoms with Crippen LogP contribution in [0, 0.1) is 0 Å². The first-order valence-electron chi connectivity index (χ1n) is 5.14. The lowest BCUT2D eigenvalue weighted by molar-refractivity contribution is 0.0382. The summed E-state index contributed by atoms with van der Waals surface area (Å²) in [7, 11) is -4.15. The van der Waals surface area contributed by atoms with Gasteiger partial charge in [0.05, 0.1) is 6.54 Å². The molecule has 2 N–H and O–H groups in total. The second kappa shape index (κ2) is 5.25. The fourth-order valence-corrected chi connectivity index (χ4v) is 2.35. The van der Waals surface area contributed by atoms with Gasteiger partial charge in [0.25, 0.3) is 0 Å². The van der Waals surface area contributed by atoms with Crippen LogP contribution in [-0.4, -0.2) is 24.4 Å². The van der Waals surface area contributed by atoms with Gasteiger partial charge in [-0.05, 0) is 43.2 Å². The van der Waals surface area contributed by atoms with Crippen molar-refractivity contribution in [1.29, 1.82) is 0 Å². The predicted octanol–water partition coefficient (Wildman–Crippen LogP) is 1.69. The highest BCUT2D eigenvalue weighted by Crippen LogP contribution is 2.15. The van der Waals surface area contributed by atoms with Gasteiger partial charge in [-0.25, -0.2) is 9.93 Å². The van der Waals surface area contributed by atoms with Crippen LogP contribution in [0.1, 0.15) is 26.3 Å². The van der Waals surface area contributed by atoms with Crippen molar-refractivity contribution in [2.24, 2.45) is 5.14 Å². The second-order valence-corrected chi connectivity index (χ2v) is 6.91. The molecular weight excluding hydrogens is 276 g/mol. The maximum Gasteiger partial charge on any atom is 0.425 e. The minimum absolute atomic E-state index is 0.128. The molecule has 0 unspecified atom stereocenters. The Bertz CT molecular complexity index is 502. The number of hydrogen-bond acceptors (Lipinski definition) is 5. The fraction of sp³-hybridized carbons (Fsp3) is 0.500. The number of rotatable bonds is 3. The van der Waals surface area contributed by atoms with Crippen LogP contribution in [-0.2, 0) is 21.5 Å². The molecule has 0 saturated heterocycles. The normalized spacial score (nSPS) is 12.2. The van der Waals surface area contributed by atoms with Gasteiger partial charge in [-0.2, -0.15) is 24.1 Å². The van der Waals surface area contributed by atoms with Gasteiger partial charge in [0.2, 0.25) is 0 Å². The number of nitrogens with two attached hydrogens (primary N) is 1. The van der Waals surface area contributed by atoms with E-state index in [1.807, 2.05) is 0 Å². The molecule has 1 aromatic rings. The first kappa shape index (κ1) is 14.9. The molecule has 1 heterocycles. The summed E-state index contributed by atoms with van der Waals surface area (Å²) in [6, 6.07) is 1.72. The zero-order valence-electron chi connectivity index (χ0n) is 10.4. The van der Waals surface area contributed by atoms with Crippen LogP contribution in [0.15, 0.2) is 16.8 Å². The molecule has 18 heavy (non-hydrogen) atoms. The summed E-state index contributed by atoms with van der Waals surface area (Å²) >= 11 is 1.40. The Hall–Kier alpha value is -1.12. The van der Waals surface area contributed by atoms with Crippen LogP contribution >= 0.6 is 11.3 Å². The SMILES string of the molecule is CC(C)(C)OC(=O)N(Cc1ccsc1)S(N)(=O)=O. The number of nitrogens with zero attached hydrogens (tertiary/aromatic N) is 1. The summed E-state index contributed by atoms with van der Waals surface area (Å²) in [6.45, 7) is 4.82. The Labute approximate surface area is 111 Å². The van der Waals surface area contributed by atoms with E-state index in [2.05, 4.69) is 0 Å². The Morgan fingerprint density at radius 2 is 2.11 bits per heavy atom. The molecule has 0 aliphatic carbocycles. The van der Waals surface area contributed by atoms with E-state index in [0.717, 1.165) is 0 Å². The third kappa shape index (κ3) is 4.63. The van der Waals surface area contributed by atoms with Gasteiger partial charge < -0.3 is 4.74 Å². The Kier molecular flexibility index (Phi) is 4.36. The molecule has 0 aliphatic heterocycles. The van der Waals surface area contributed by atoms with Crippen molar-refractivity contribution >= 4 is 27.6 Å². The lowest BCUT2D eigenvalue weighted by atomic mass is 10.2. The second-order valence-electron chi connectivity index (χ2n) is 4.66. The van der Waals surface area contributed by atoms with Crippen molar-refractivity contribution in [3.05, 3.63) is 22.4 Å². The van der Waals surface area contributed by atoms with E-state index in [1.165, 1.54) is 11.3 Å². The zero-order chi connectivity index (χ0) is 14.0. The molecule has 8 heteroatoms. The molecule has 0 fully saturated rings. The molecular formula is C10H16N2O4S2. The molecule has 102 valence electrons. The van der Waals surface area contributed by atoms with Gasteiger partial charge >= 0.3 is 16.3 Å². The van der Waals surface area contributed by atoms with E-state index in [9.17, 15) is 13.2 Å². The summed E-state index contributed by atoms with van der Waals surface area (Å²) < 4.78 is 28.3. The van der Waals surface area contributed by atoms with Gasteiger partial charge in [-0.3, -0.25) is 0 Å². The first-order valence-corrected chi connectivity index (χ1v) is 7.59. The molecule has 1 amide bonds. The van der Waals surface area contributed by atoms with Crippen LogP contribution in [0.5, 0.6) is 0 Å². The number of carbonyl (C=O) groups is 1. The molecule has 0 saturated carbocycles. The summed E-state index contributed by atoms with van der Waals surface area (Å²) in [5, 5.41) is 8.54. The number of hydrogen-bond donors (Lipinski definition) is 1. The highest BCUT2D eigenvalue weighted by molar-refractivity contribution is 7.87. The van der Waals surface area contributed by atoms with E-state index in [4.69, 9.17) is 9.88 Å². The fourth-order valence-electron chi connectivity index (χ4n) is 1.12. The van der Waals surface area contributed by atoms with Gasteiger partial charge in [-0.1, -0.05) is 0 Å². The Morgan fingerprint density at radius 3 is 2.50 bits per heavy atom. The zero-order valence-corrected chi connectivity index (χ0v) is 12.0. The van der Waals surface area contributed by atoms with Crippen molar-refractivity contribution in [2.75, 3.05) is 0 Å². The largest absolute Gasteiger partial charge is 0.443 e. The van der Waals surface area contributed by atoms with E-state index >= 15 is 0 Å². The minimum atomic E-state index is -4.15. The van der Waals surface area contributed by atoms with Crippen LogP contribution < -0.4 is 5.14 Å². The number of carbonyl (C=O) groups excluding carboxylic acids is 1. The van der Waals surface area contributed by atoms with Gasteiger partial charge in [0.15, 0.2) is 0 Å². The Morgan fingerprint density at radius 1 is 1.50 bits per heavy atom. The van der Waals surface area contributed by atoms with Crippen molar-refractivity contribution in [3.63, 3.8) is 0 Å². The summed E-state index contributed by atoms with van der Waals surface area (Å²) in [5.41, 5.74) is -0.103. The van der Waals surface area contributed by atoms with E-state index in [1.54, 1.807) is 37.6 Å². The van der Waals surface area contributed by atoms with Gasteiger partial charge in [-0.15, -0.1) is 0 Å². The number of ether oxygens (including phenoxy) is 1. The van der Waals surface area contributed by atoms with Gasteiger partial charge in [0.1, 0.15) is 5.60 Å². The van der Waals surface area contributed by atoms with Crippen LogP contribution in [0.2, 0.25) is 0 Å². The number of thiophene rings is 1. The molecule has 0 bridgehead atoms. The van der Waals surface area contributed by atoms with E-state index in [0.29, 0.717) is 9.87 Å². The average molecular weight is 292 g/mol. The monoisotopic (exact) mass is 292 g/mol. The quantitative estimate of drug-likeness (QED) is 0.918. The third-order valence-electron chi connectivity index (χ3n) is 1.81. The smallest absolute Gasteiger partial charge is 0.425 e.